The number of aryl methyl sites for hydroxylation is 1. The summed E-state index contributed by atoms with van der Waals surface area (Å²) in [4.78, 5) is 9.15. The number of imidazole rings is 1. The number of hydrogen-bond donors (Lipinski definition) is 1. The minimum atomic E-state index is 0.609. The number of methoxy groups -OCH3 is 1. The molecule has 21 heavy (non-hydrogen) atoms. The van der Waals surface area contributed by atoms with Crippen LogP contribution in [0.25, 0.3) is 22.6 Å². The first-order valence-corrected chi connectivity index (χ1v) is 6.99. The van der Waals surface area contributed by atoms with Gasteiger partial charge in [0.25, 0.3) is 0 Å². The van der Waals surface area contributed by atoms with Gasteiger partial charge in [-0.25, -0.2) is 9.97 Å². The highest BCUT2D eigenvalue weighted by molar-refractivity contribution is 5.78. The highest BCUT2D eigenvalue weighted by Gasteiger charge is 2.13. The van der Waals surface area contributed by atoms with Crippen molar-refractivity contribution in [1.29, 1.82) is 0 Å². The molecular formula is C16H18N4O. The summed E-state index contributed by atoms with van der Waals surface area (Å²) >= 11 is 0. The Morgan fingerprint density at radius 3 is 2.86 bits per heavy atom. The van der Waals surface area contributed by atoms with Gasteiger partial charge in [0.1, 0.15) is 17.1 Å². The fraction of sp³-hybridized carbons (Fsp3) is 0.250. The average Bonchev–Trinajstić information content (AvgIpc) is 2.87. The van der Waals surface area contributed by atoms with Gasteiger partial charge in [0.2, 0.25) is 0 Å². The molecule has 5 nitrogen and oxygen atoms in total. The van der Waals surface area contributed by atoms with E-state index >= 15 is 0 Å². The predicted molar refractivity (Wildman–Crippen MR) is 84.2 cm³/mol. The van der Waals surface area contributed by atoms with Gasteiger partial charge >= 0.3 is 0 Å². The van der Waals surface area contributed by atoms with Crippen molar-refractivity contribution in [2.75, 3.05) is 12.8 Å². The zero-order valence-electron chi connectivity index (χ0n) is 12.2. The maximum Gasteiger partial charge on any atom is 0.160 e. The molecule has 0 aliphatic rings. The molecule has 0 amide bonds. The zero-order valence-corrected chi connectivity index (χ0v) is 12.2. The number of aromatic nitrogens is 3. The SMILES string of the molecule is CCCn1c(-c2ccc(OC)c(N)c2)nc2cccnc21. The van der Waals surface area contributed by atoms with Gasteiger partial charge in [-0.05, 0) is 36.8 Å². The summed E-state index contributed by atoms with van der Waals surface area (Å²) in [5.74, 6) is 1.56. The molecule has 0 aliphatic carbocycles. The molecule has 1 aromatic carbocycles. The van der Waals surface area contributed by atoms with Gasteiger partial charge in [-0.1, -0.05) is 6.92 Å². The fourth-order valence-electron chi connectivity index (χ4n) is 2.49. The van der Waals surface area contributed by atoms with E-state index in [1.165, 1.54) is 0 Å². The van der Waals surface area contributed by atoms with E-state index in [0.717, 1.165) is 35.5 Å². The van der Waals surface area contributed by atoms with E-state index in [0.29, 0.717) is 11.4 Å². The Morgan fingerprint density at radius 2 is 2.14 bits per heavy atom. The number of ether oxygens (including phenoxy) is 1. The number of nitrogen functional groups attached to an aromatic ring is 1. The summed E-state index contributed by atoms with van der Waals surface area (Å²) in [5, 5.41) is 0. The van der Waals surface area contributed by atoms with Gasteiger partial charge in [-0.3, -0.25) is 0 Å². The number of rotatable bonds is 4. The van der Waals surface area contributed by atoms with Crippen molar-refractivity contribution >= 4 is 16.9 Å². The Hall–Kier alpha value is -2.56. The third kappa shape index (κ3) is 2.31. The Morgan fingerprint density at radius 1 is 1.29 bits per heavy atom. The van der Waals surface area contributed by atoms with Crippen molar-refractivity contribution in [2.24, 2.45) is 0 Å². The number of nitrogens with two attached hydrogens (primary N) is 1. The number of pyridine rings is 1. The second-order valence-corrected chi connectivity index (χ2v) is 4.89. The molecule has 0 spiro atoms. The number of benzene rings is 1. The van der Waals surface area contributed by atoms with Gasteiger partial charge < -0.3 is 15.0 Å². The van der Waals surface area contributed by atoms with Crippen molar-refractivity contribution < 1.29 is 4.74 Å². The number of fused-ring (bicyclic) bond motifs is 1. The molecule has 3 rings (SSSR count). The standard InChI is InChI=1S/C16H18N4O/c1-3-9-20-15(19-13-5-4-8-18-16(13)20)11-6-7-14(21-2)12(17)10-11/h4-8,10H,3,9,17H2,1-2H3. The van der Waals surface area contributed by atoms with Gasteiger partial charge in [-0.15, -0.1) is 0 Å². The first-order valence-electron chi connectivity index (χ1n) is 6.99. The monoisotopic (exact) mass is 282 g/mol. The molecule has 0 fully saturated rings. The fourth-order valence-corrected chi connectivity index (χ4v) is 2.49. The minimum Gasteiger partial charge on any atom is -0.495 e. The molecule has 0 saturated carbocycles. The van der Waals surface area contributed by atoms with Gasteiger partial charge in [0.05, 0.1) is 12.8 Å². The van der Waals surface area contributed by atoms with Gasteiger partial charge in [0.15, 0.2) is 5.65 Å². The van der Waals surface area contributed by atoms with Crippen LogP contribution in [0.1, 0.15) is 13.3 Å². The summed E-state index contributed by atoms with van der Waals surface area (Å²) in [6.45, 7) is 3.01. The molecule has 0 radical (unpaired) electrons. The van der Waals surface area contributed by atoms with Crippen molar-refractivity contribution in [3.63, 3.8) is 0 Å². The normalized spacial score (nSPS) is 11.0. The Bertz CT molecular complexity index is 779. The molecule has 0 unspecified atom stereocenters. The van der Waals surface area contributed by atoms with Crippen LogP contribution in [0.4, 0.5) is 5.69 Å². The highest BCUT2D eigenvalue weighted by atomic mass is 16.5. The highest BCUT2D eigenvalue weighted by Crippen LogP contribution is 2.29. The lowest BCUT2D eigenvalue weighted by Crippen LogP contribution is -2.01. The summed E-state index contributed by atoms with van der Waals surface area (Å²) < 4.78 is 7.34. The topological polar surface area (TPSA) is 66.0 Å². The summed E-state index contributed by atoms with van der Waals surface area (Å²) in [6, 6.07) is 9.62. The summed E-state index contributed by atoms with van der Waals surface area (Å²) in [6.07, 6.45) is 2.81. The lowest BCUT2D eigenvalue weighted by Gasteiger charge is -2.09. The molecule has 5 heteroatoms. The van der Waals surface area contributed by atoms with Gasteiger partial charge in [-0.2, -0.15) is 0 Å². The molecule has 0 atom stereocenters. The molecule has 3 aromatic rings. The van der Waals surface area contributed by atoms with E-state index in [1.54, 1.807) is 13.3 Å². The van der Waals surface area contributed by atoms with Crippen LogP contribution in [-0.4, -0.2) is 21.6 Å². The van der Waals surface area contributed by atoms with Crippen LogP contribution < -0.4 is 10.5 Å². The lowest BCUT2D eigenvalue weighted by atomic mass is 10.1. The number of anilines is 1. The first-order chi connectivity index (χ1) is 10.2. The maximum atomic E-state index is 6.01. The zero-order chi connectivity index (χ0) is 14.8. The van der Waals surface area contributed by atoms with Crippen LogP contribution in [0.2, 0.25) is 0 Å². The molecule has 2 aromatic heterocycles. The molecule has 0 bridgehead atoms. The molecule has 2 heterocycles. The third-order valence-electron chi connectivity index (χ3n) is 3.44. The first kappa shape index (κ1) is 13.4. The largest absolute Gasteiger partial charge is 0.495 e. The van der Waals surface area contributed by atoms with Crippen molar-refractivity contribution in [3.05, 3.63) is 36.5 Å². The van der Waals surface area contributed by atoms with Crippen molar-refractivity contribution in [1.82, 2.24) is 14.5 Å². The maximum absolute atomic E-state index is 6.01. The van der Waals surface area contributed by atoms with E-state index in [4.69, 9.17) is 15.5 Å². The minimum absolute atomic E-state index is 0.609. The lowest BCUT2D eigenvalue weighted by molar-refractivity contribution is 0.417. The van der Waals surface area contributed by atoms with E-state index in [2.05, 4.69) is 16.5 Å². The number of hydrogen-bond acceptors (Lipinski definition) is 4. The van der Waals surface area contributed by atoms with Crippen LogP contribution >= 0.6 is 0 Å². The Kier molecular flexibility index (Phi) is 3.48. The van der Waals surface area contributed by atoms with Crippen LogP contribution in [0.5, 0.6) is 5.75 Å². The number of nitrogens with zero attached hydrogens (tertiary/aromatic N) is 3. The van der Waals surface area contributed by atoms with Crippen LogP contribution in [0.15, 0.2) is 36.5 Å². The Labute approximate surface area is 123 Å². The smallest absolute Gasteiger partial charge is 0.160 e. The third-order valence-corrected chi connectivity index (χ3v) is 3.44. The van der Waals surface area contributed by atoms with E-state index in [9.17, 15) is 0 Å². The second kappa shape index (κ2) is 5.44. The molecular weight excluding hydrogens is 264 g/mol. The summed E-state index contributed by atoms with van der Waals surface area (Å²) in [7, 11) is 1.61. The molecule has 108 valence electrons. The predicted octanol–water partition coefficient (Wildman–Crippen LogP) is 3.10. The Balaban J connectivity index is 2.19. The van der Waals surface area contributed by atoms with Gasteiger partial charge in [0, 0.05) is 18.3 Å². The van der Waals surface area contributed by atoms with Crippen LogP contribution in [0.3, 0.4) is 0 Å². The molecule has 2 N–H and O–H groups in total. The second-order valence-electron chi connectivity index (χ2n) is 4.89. The average molecular weight is 282 g/mol. The van der Waals surface area contributed by atoms with Crippen molar-refractivity contribution in [2.45, 2.75) is 19.9 Å². The van der Waals surface area contributed by atoms with E-state index < -0.39 is 0 Å². The van der Waals surface area contributed by atoms with Crippen LogP contribution in [-0.2, 0) is 6.54 Å². The van der Waals surface area contributed by atoms with Crippen molar-refractivity contribution in [3.8, 4) is 17.1 Å². The molecule has 0 saturated heterocycles. The molecule has 0 aliphatic heterocycles. The summed E-state index contributed by atoms with van der Waals surface area (Å²) in [5.41, 5.74) is 9.40. The van der Waals surface area contributed by atoms with E-state index in [1.807, 2.05) is 30.3 Å². The van der Waals surface area contributed by atoms with Crippen LogP contribution in [0, 0.1) is 0 Å². The van der Waals surface area contributed by atoms with E-state index in [-0.39, 0.29) is 0 Å². The quantitative estimate of drug-likeness (QED) is 0.747.